The summed E-state index contributed by atoms with van der Waals surface area (Å²) in [6.07, 6.45) is 0. The second-order valence-electron chi connectivity index (χ2n) is 4.56. The van der Waals surface area contributed by atoms with Gasteiger partial charge in [0, 0.05) is 11.6 Å². The van der Waals surface area contributed by atoms with E-state index in [1.54, 1.807) is 11.6 Å². The Morgan fingerprint density at radius 3 is 2.86 bits per heavy atom. The molecule has 21 heavy (non-hydrogen) atoms. The van der Waals surface area contributed by atoms with E-state index in [0.29, 0.717) is 17.3 Å². The van der Waals surface area contributed by atoms with Gasteiger partial charge in [-0.2, -0.15) is 0 Å². The van der Waals surface area contributed by atoms with E-state index in [4.69, 9.17) is 22.1 Å². The topological polar surface area (TPSA) is 83.0 Å². The van der Waals surface area contributed by atoms with Gasteiger partial charge in [0.25, 0.3) is 0 Å². The van der Waals surface area contributed by atoms with Crippen LogP contribution in [0.25, 0.3) is 0 Å². The van der Waals surface area contributed by atoms with E-state index in [9.17, 15) is 4.79 Å². The number of hydrogen-bond donors (Lipinski definition) is 1. The largest absolute Gasteiger partial charge is 0.461 e. The molecule has 0 spiro atoms. The molecule has 0 saturated carbocycles. The Labute approximate surface area is 127 Å². The van der Waals surface area contributed by atoms with Crippen molar-refractivity contribution in [3.63, 3.8) is 0 Å². The molecule has 0 atom stereocenters. The first-order valence-corrected chi connectivity index (χ1v) is 6.99. The molecule has 0 fully saturated rings. The van der Waals surface area contributed by atoms with Crippen LogP contribution in [0, 0.1) is 6.92 Å². The van der Waals surface area contributed by atoms with E-state index in [1.165, 1.54) is 0 Å². The minimum absolute atomic E-state index is 0.143. The molecule has 2 rings (SSSR count). The molecule has 7 heteroatoms. The summed E-state index contributed by atoms with van der Waals surface area (Å²) < 4.78 is 6.51. The number of hydrogen-bond acceptors (Lipinski definition) is 5. The monoisotopic (exact) mass is 308 g/mol. The van der Waals surface area contributed by atoms with Crippen molar-refractivity contribution in [1.82, 2.24) is 15.0 Å². The Morgan fingerprint density at radius 2 is 2.24 bits per heavy atom. The van der Waals surface area contributed by atoms with Crippen LogP contribution in [0.15, 0.2) is 18.2 Å². The van der Waals surface area contributed by atoms with Crippen LogP contribution in [0.3, 0.4) is 0 Å². The molecule has 112 valence electrons. The second kappa shape index (κ2) is 6.69. The van der Waals surface area contributed by atoms with E-state index in [0.717, 1.165) is 11.1 Å². The third-order valence-corrected chi connectivity index (χ3v) is 3.38. The smallest absolute Gasteiger partial charge is 0.360 e. The lowest BCUT2D eigenvalue weighted by molar-refractivity contribution is 0.0518. The number of rotatable bonds is 5. The van der Waals surface area contributed by atoms with Crippen LogP contribution >= 0.6 is 11.6 Å². The number of halogens is 1. The molecule has 1 heterocycles. The minimum Gasteiger partial charge on any atom is -0.461 e. The van der Waals surface area contributed by atoms with Gasteiger partial charge in [-0.1, -0.05) is 28.9 Å². The number of carbonyl (C=O) groups is 1. The van der Waals surface area contributed by atoms with E-state index in [1.807, 2.05) is 25.1 Å². The number of ether oxygens (including phenoxy) is 1. The van der Waals surface area contributed by atoms with Crippen LogP contribution in [0.2, 0.25) is 5.02 Å². The summed E-state index contributed by atoms with van der Waals surface area (Å²) in [6, 6.07) is 5.76. The first kappa shape index (κ1) is 15.5. The van der Waals surface area contributed by atoms with Gasteiger partial charge in [-0.05, 0) is 31.0 Å². The summed E-state index contributed by atoms with van der Waals surface area (Å²) in [5.74, 6) is -0.515. The Morgan fingerprint density at radius 1 is 1.48 bits per heavy atom. The molecule has 2 aromatic rings. The summed E-state index contributed by atoms with van der Waals surface area (Å²) in [4.78, 5) is 11.8. The third kappa shape index (κ3) is 3.40. The van der Waals surface area contributed by atoms with Crippen LogP contribution in [0.5, 0.6) is 0 Å². The fourth-order valence-electron chi connectivity index (χ4n) is 1.96. The summed E-state index contributed by atoms with van der Waals surface area (Å²) in [5.41, 5.74) is 8.36. The number of nitrogens with zero attached hydrogens (tertiary/aromatic N) is 3. The Balaban J connectivity index is 2.30. The van der Waals surface area contributed by atoms with Gasteiger partial charge < -0.3 is 10.5 Å². The molecule has 6 nitrogen and oxygen atoms in total. The van der Waals surface area contributed by atoms with Crippen LogP contribution in [0.1, 0.15) is 34.2 Å². The van der Waals surface area contributed by atoms with Crippen molar-refractivity contribution in [3.8, 4) is 0 Å². The Kier molecular flexibility index (Phi) is 4.93. The number of esters is 1. The van der Waals surface area contributed by atoms with Crippen molar-refractivity contribution >= 4 is 17.6 Å². The maximum atomic E-state index is 11.8. The number of aromatic nitrogens is 3. The standard InChI is InChI=1S/C14H17ClN4O2/c1-3-21-14(20)13-12(7-16)19(18-17-13)8-10-5-4-9(2)6-11(10)15/h4-6H,3,7-8,16H2,1-2H3. The number of carbonyl (C=O) groups excluding carboxylic acids is 1. The molecule has 2 N–H and O–H groups in total. The highest BCUT2D eigenvalue weighted by Gasteiger charge is 2.20. The molecule has 0 bridgehead atoms. The molecule has 0 aliphatic heterocycles. The molecule has 1 aromatic heterocycles. The van der Waals surface area contributed by atoms with Gasteiger partial charge in [-0.25, -0.2) is 9.48 Å². The number of aryl methyl sites for hydroxylation is 1. The SMILES string of the molecule is CCOC(=O)c1nnn(Cc2ccc(C)cc2Cl)c1CN. The second-order valence-corrected chi connectivity index (χ2v) is 4.97. The van der Waals surface area contributed by atoms with Gasteiger partial charge in [0.2, 0.25) is 0 Å². The first-order valence-electron chi connectivity index (χ1n) is 6.61. The van der Waals surface area contributed by atoms with Crippen molar-refractivity contribution < 1.29 is 9.53 Å². The van der Waals surface area contributed by atoms with Crippen LogP contribution in [0.4, 0.5) is 0 Å². The lowest BCUT2D eigenvalue weighted by Gasteiger charge is -2.08. The molecule has 0 unspecified atom stereocenters. The van der Waals surface area contributed by atoms with Crippen molar-refractivity contribution in [3.05, 3.63) is 45.7 Å². The van der Waals surface area contributed by atoms with Crippen molar-refractivity contribution in [2.75, 3.05) is 6.61 Å². The molecule has 1 aromatic carbocycles. The molecule has 0 radical (unpaired) electrons. The summed E-state index contributed by atoms with van der Waals surface area (Å²) in [5, 5.41) is 8.49. The average molecular weight is 309 g/mol. The molecule has 0 aliphatic rings. The third-order valence-electron chi connectivity index (χ3n) is 3.03. The first-order chi connectivity index (χ1) is 10.1. The number of benzene rings is 1. The van der Waals surface area contributed by atoms with Gasteiger partial charge in [-0.3, -0.25) is 0 Å². The quantitative estimate of drug-likeness (QED) is 0.853. The fourth-order valence-corrected chi connectivity index (χ4v) is 2.26. The predicted octanol–water partition coefficient (Wildman–Crippen LogP) is 1.92. The Hall–Kier alpha value is -1.92. The number of nitrogens with two attached hydrogens (primary N) is 1. The zero-order valence-electron chi connectivity index (χ0n) is 12.0. The lowest BCUT2D eigenvalue weighted by Crippen LogP contribution is -2.15. The molecule has 0 aliphatic carbocycles. The Bertz CT molecular complexity index is 654. The van der Waals surface area contributed by atoms with Crippen LogP contribution in [-0.2, 0) is 17.8 Å². The van der Waals surface area contributed by atoms with Crippen molar-refractivity contribution in [2.45, 2.75) is 26.9 Å². The fraction of sp³-hybridized carbons (Fsp3) is 0.357. The van der Waals surface area contributed by atoms with Gasteiger partial charge in [0.1, 0.15) is 0 Å². The highest BCUT2D eigenvalue weighted by molar-refractivity contribution is 6.31. The normalized spacial score (nSPS) is 10.7. The summed E-state index contributed by atoms with van der Waals surface area (Å²) in [7, 11) is 0. The van der Waals surface area contributed by atoms with Gasteiger partial charge in [0.15, 0.2) is 5.69 Å². The maximum absolute atomic E-state index is 11.8. The van der Waals surface area contributed by atoms with Crippen molar-refractivity contribution in [2.24, 2.45) is 5.73 Å². The average Bonchev–Trinajstić information content (AvgIpc) is 2.85. The van der Waals surface area contributed by atoms with Gasteiger partial charge in [0.05, 0.1) is 18.8 Å². The van der Waals surface area contributed by atoms with Crippen LogP contribution < -0.4 is 5.73 Å². The highest BCUT2D eigenvalue weighted by Crippen LogP contribution is 2.19. The highest BCUT2D eigenvalue weighted by atomic mass is 35.5. The van der Waals surface area contributed by atoms with E-state index >= 15 is 0 Å². The molecule has 0 amide bonds. The van der Waals surface area contributed by atoms with Gasteiger partial charge in [-0.15, -0.1) is 5.10 Å². The van der Waals surface area contributed by atoms with E-state index < -0.39 is 5.97 Å². The summed E-state index contributed by atoms with van der Waals surface area (Å²) >= 11 is 6.21. The lowest BCUT2D eigenvalue weighted by atomic mass is 10.1. The van der Waals surface area contributed by atoms with Crippen LogP contribution in [-0.4, -0.2) is 27.6 Å². The van der Waals surface area contributed by atoms with Crippen molar-refractivity contribution in [1.29, 1.82) is 0 Å². The molecular weight excluding hydrogens is 292 g/mol. The molecular formula is C14H17ClN4O2. The maximum Gasteiger partial charge on any atom is 0.360 e. The van der Waals surface area contributed by atoms with E-state index in [-0.39, 0.29) is 18.8 Å². The van der Waals surface area contributed by atoms with Gasteiger partial charge >= 0.3 is 5.97 Å². The van der Waals surface area contributed by atoms with E-state index in [2.05, 4.69) is 10.3 Å². The summed E-state index contributed by atoms with van der Waals surface area (Å²) in [6.45, 7) is 4.52. The zero-order valence-corrected chi connectivity index (χ0v) is 12.7. The minimum atomic E-state index is -0.515. The molecule has 0 saturated heterocycles. The zero-order chi connectivity index (χ0) is 15.4. The predicted molar refractivity (Wildman–Crippen MR) is 79.2 cm³/mol.